The molecule has 0 aromatic carbocycles. The normalized spacial score (nSPS) is 19.4. The molecular formula is C14H23NO3S. The van der Waals surface area contributed by atoms with Gasteiger partial charge in [0.15, 0.2) is 9.84 Å². The van der Waals surface area contributed by atoms with Gasteiger partial charge in [0.1, 0.15) is 5.76 Å². The van der Waals surface area contributed by atoms with Crippen LogP contribution in [0.5, 0.6) is 0 Å². The molecule has 0 radical (unpaired) electrons. The van der Waals surface area contributed by atoms with E-state index in [-0.39, 0.29) is 10.5 Å². The smallest absolute Gasteiger partial charge is 0.156 e. The highest BCUT2D eigenvalue weighted by molar-refractivity contribution is 7.92. The molecule has 19 heavy (non-hydrogen) atoms. The molecule has 0 spiro atoms. The van der Waals surface area contributed by atoms with Crippen LogP contribution in [0.1, 0.15) is 44.8 Å². The summed E-state index contributed by atoms with van der Waals surface area (Å²) >= 11 is 0. The number of hydrogen-bond acceptors (Lipinski definition) is 4. The van der Waals surface area contributed by atoms with E-state index < -0.39 is 9.84 Å². The highest BCUT2D eigenvalue weighted by Gasteiger charge is 2.31. The second kappa shape index (κ2) is 6.57. The SMILES string of the molecule is CC(CNCc1ccco1)S(=O)(=O)C1CCCCC1. The molecule has 1 aliphatic carbocycles. The van der Waals surface area contributed by atoms with Crippen molar-refractivity contribution in [3.05, 3.63) is 24.2 Å². The molecule has 1 aliphatic rings. The van der Waals surface area contributed by atoms with Crippen molar-refractivity contribution in [2.24, 2.45) is 0 Å². The van der Waals surface area contributed by atoms with Crippen LogP contribution in [0.4, 0.5) is 0 Å². The maximum atomic E-state index is 12.4. The quantitative estimate of drug-likeness (QED) is 0.872. The highest BCUT2D eigenvalue weighted by atomic mass is 32.2. The summed E-state index contributed by atoms with van der Waals surface area (Å²) in [5.74, 6) is 0.835. The molecule has 0 amide bonds. The van der Waals surface area contributed by atoms with Crippen LogP contribution in [0.25, 0.3) is 0 Å². The van der Waals surface area contributed by atoms with E-state index in [0.29, 0.717) is 13.1 Å². The van der Waals surface area contributed by atoms with Crippen LogP contribution < -0.4 is 5.32 Å². The predicted octanol–water partition coefficient (Wildman–Crippen LogP) is 2.51. The largest absolute Gasteiger partial charge is 0.468 e. The van der Waals surface area contributed by atoms with Crippen molar-refractivity contribution in [2.75, 3.05) is 6.54 Å². The Hall–Kier alpha value is -0.810. The molecule has 0 saturated heterocycles. The minimum atomic E-state index is -3.00. The molecule has 1 N–H and O–H groups in total. The summed E-state index contributed by atoms with van der Waals surface area (Å²) in [4.78, 5) is 0. The molecule has 1 aromatic rings. The van der Waals surface area contributed by atoms with Gasteiger partial charge in [-0.3, -0.25) is 0 Å². The Morgan fingerprint density at radius 3 is 2.74 bits per heavy atom. The van der Waals surface area contributed by atoms with Crippen molar-refractivity contribution < 1.29 is 12.8 Å². The second-order valence-corrected chi connectivity index (χ2v) is 8.02. The van der Waals surface area contributed by atoms with Crippen LogP contribution in [-0.2, 0) is 16.4 Å². The fraction of sp³-hybridized carbons (Fsp3) is 0.714. The zero-order chi connectivity index (χ0) is 13.7. The second-order valence-electron chi connectivity index (χ2n) is 5.37. The number of sulfone groups is 1. The fourth-order valence-corrected chi connectivity index (χ4v) is 4.65. The third kappa shape index (κ3) is 3.83. The van der Waals surface area contributed by atoms with Crippen molar-refractivity contribution in [3.8, 4) is 0 Å². The molecule has 1 unspecified atom stereocenters. The number of nitrogens with one attached hydrogen (secondary N) is 1. The molecule has 0 aliphatic heterocycles. The van der Waals surface area contributed by atoms with Crippen molar-refractivity contribution in [1.82, 2.24) is 5.32 Å². The van der Waals surface area contributed by atoms with Crippen molar-refractivity contribution in [2.45, 2.75) is 56.1 Å². The van der Waals surface area contributed by atoms with Crippen molar-refractivity contribution in [3.63, 3.8) is 0 Å². The Morgan fingerprint density at radius 1 is 1.37 bits per heavy atom. The van der Waals surface area contributed by atoms with Crippen LogP contribution in [0.3, 0.4) is 0 Å². The summed E-state index contributed by atoms with van der Waals surface area (Å²) in [6.07, 6.45) is 6.58. The Labute approximate surface area is 115 Å². The van der Waals surface area contributed by atoms with Gasteiger partial charge in [0, 0.05) is 6.54 Å². The molecule has 1 saturated carbocycles. The minimum Gasteiger partial charge on any atom is -0.468 e. The molecule has 2 rings (SSSR count). The first-order chi connectivity index (χ1) is 9.10. The molecule has 1 aromatic heterocycles. The first kappa shape index (κ1) is 14.6. The van der Waals surface area contributed by atoms with Gasteiger partial charge in [-0.25, -0.2) is 8.42 Å². The van der Waals surface area contributed by atoms with Gasteiger partial charge in [-0.1, -0.05) is 19.3 Å². The molecule has 4 nitrogen and oxygen atoms in total. The first-order valence-corrected chi connectivity index (χ1v) is 8.67. The zero-order valence-electron chi connectivity index (χ0n) is 11.5. The van der Waals surface area contributed by atoms with E-state index in [2.05, 4.69) is 5.32 Å². The number of rotatable bonds is 6. The molecule has 5 heteroatoms. The van der Waals surface area contributed by atoms with E-state index >= 15 is 0 Å². The molecule has 1 heterocycles. The zero-order valence-corrected chi connectivity index (χ0v) is 12.3. The van der Waals surface area contributed by atoms with Gasteiger partial charge >= 0.3 is 0 Å². The molecule has 0 bridgehead atoms. The first-order valence-electron chi connectivity index (χ1n) is 7.06. The topological polar surface area (TPSA) is 59.3 Å². The van der Waals surface area contributed by atoms with Gasteiger partial charge in [0.2, 0.25) is 0 Å². The van der Waals surface area contributed by atoms with Gasteiger partial charge in [-0.2, -0.15) is 0 Å². The number of furan rings is 1. The van der Waals surface area contributed by atoms with Crippen LogP contribution in [-0.4, -0.2) is 25.5 Å². The van der Waals surface area contributed by atoms with Crippen LogP contribution >= 0.6 is 0 Å². The lowest BCUT2D eigenvalue weighted by molar-refractivity contribution is 0.467. The summed E-state index contributed by atoms with van der Waals surface area (Å²) in [6.45, 7) is 2.87. The molecular weight excluding hydrogens is 262 g/mol. The summed E-state index contributed by atoms with van der Waals surface area (Å²) in [5.41, 5.74) is 0. The van der Waals surface area contributed by atoms with E-state index in [1.165, 1.54) is 6.42 Å². The Kier molecular flexibility index (Phi) is 5.05. The lowest BCUT2D eigenvalue weighted by Gasteiger charge is -2.25. The van der Waals surface area contributed by atoms with Crippen LogP contribution in [0.2, 0.25) is 0 Å². The summed E-state index contributed by atoms with van der Waals surface area (Å²) in [7, 11) is -3.00. The molecule has 1 fully saturated rings. The van der Waals surface area contributed by atoms with E-state index in [9.17, 15) is 8.42 Å². The van der Waals surface area contributed by atoms with Crippen molar-refractivity contribution >= 4 is 9.84 Å². The predicted molar refractivity (Wildman–Crippen MR) is 75.7 cm³/mol. The fourth-order valence-electron chi connectivity index (χ4n) is 2.65. The Bertz CT molecular complexity index is 461. The van der Waals surface area contributed by atoms with E-state index in [1.807, 2.05) is 12.1 Å². The van der Waals surface area contributed by atoms with E-state index in [0.717, 1.165) is 31.4 Å². The minimum absolute atomic E-state index is 0.123. The van der Waals surface area contributed by atoms with Gasteiger partial charge in [0.25, 0.3) is 0 Å². The van der Waals surface area contributed by atoms with Gasteiger partial charge in [-0.05, 0) is 31.9 Å². The summed E-state index contributed by atoms with van der Waals surface area (Å²) in [5, 5.41) is 2.71. The van der Waals surface area contributed by atoms with Crippen LogP contribution in [0.15, 0.2) is 22.8 Å². The number of hydrogen-bond donors (Lipinski definition) is 1. The maximum absolute atomic E-state index is 12.4. The lowest BCUT2D eigenvalue weighted by atomic mass is 10.0. The Morgan fingerprint density at radius 2 is 2.11 bits per heavy atom. The maximum Gasteiger partial charge on any atom is 0.156 e. The summed E-state index contributed by atoms with van der Waals surface area (Å²) < 4.78 is 30.0. The third-order valence-electron chi connectivity index (χ3n) is 3.89. The van der Waals surface area contributed by atoms with Gasteiger partial charge < -0.3 is 9.73 Å². The monoisotopic (exact) mass is 285 g/mol. The van der Waals surface area contributed by atoms with Gasteiger partial charge in [-0.15, -0.1) is 0 Å². The molecule has 1 atom stereocenters. The van der Waals surface area contributed by atoms with Gasteiger partial charge in [0.05, 0.1) is 23.3 Å². The average Bonchev–Trinajstić information content (AvgIpc) is 2.93. The Balaban J connectivity index is 1.82. The average molecular weight is 285 g/mol. The standard InChI is InChI=1S/C14H23NO3S/c1-12(10-15-11-13-6-5-9-18-13)19(16,17)14-7-3-2-4-8-14/h5-6,9,12,14-15H,2-4,7-8,10-11H2,1H3. The van der Waals surface area contributed by atoms with E-state index in [4.69, 9.17) is 4.42 Å². The van der Waals surface area contributed by atoms with E-state index in [1.54, 1.807) is 13.2 Å². The third-order valence-corrected chi connectivity index (χ3v) is 6.58. The van der Waals surface area contributed by atoms with Crippen molar-refractivity contribution in [1.29, 1.82) is 0 Å². The molecule has 108 valence electrons. The van der Waals surface area contributed by atoms with Crippen LogP contribution in [0, 0.1) is 0 Å². The highest BCUT2D eigenvalue weighted by Crippen LogP contribution is 2.26. The summed E-state index contributed by atoms with van der Waals surface area (Å²) in [6, 6.07) is 3.71. The lowest BCUT2D eigenvalue weighted by Crippen LogP contribution is -2.38.